The molecule has 0 radical (unpaired) electrons. The minimum atomic E-state index is -0.344. The van der Waals surface area contributed by atoms with Crippen LogP contribution in [0.3, 0.4) is 0 Å². The molecule has 0 aromatic heterocycles. The van der Waals surface area contributed by atoms with E-state index in [4.69, 9.17) is 0 Å². The van der Waals surface area contributed by atoms with Crippen LogP contribution in [-0.4, -0.2) is 29.4 Å². The summed E-state index contributed by atoms with van der Waals surface area (Å²) >= 11 is 0. The fourth-order valence-electron chi connectivity index (χ4n) is 2.51. The summed E-state index contributed by atoms with van der Waals surface area (Å²) in [6.07, 6.45) is 3.43. The van der Waals surface area contributed by atoms with Gasteiger partial charge in [-0.1, -0.05) is 18.2 Å². The minimum absolute atomic E-state index is 0.290. The van der Waals surface area contributed by atoms with Gasteiger partial charge in [0, 0.05) is 6.42 Å². The van der Waals surface area contributed by atoms with Crippen molar-refractivity contribution in [1.82, 2.24) is 5.32 Å². The van der Waals surface area contributed by atoms with Gasteiger partial charge in [0.1, 0.15) is 5.75 Å². The molecule has 94 valence electrons. The van der Waals surface area contributed by atoms with Crippen LogP contribution in [-0.2, 0) is 6.42 Å². The van der Waals surface area contributed by atoms with Crippen molar-refractivity contribution in [3.05, 3.63) is 29.8 Å². The van der Waals surface area contributed by atoms with Gasteiger partial charge in [-0.3, -0.25) is 0 Å². The fourth-order valence-corrected chi connectivity index (χ4v) is 2.51. The maximum Gasteiger partial charge on any atom is 0.118 e. The lowest BCUT2D eigenvalue weighted by Gasteiger charge is -2.21. The SMILES string of the molecule is Oc1ccccc1CC(O)C1CCCNCC1. The molecule has 3 heteroatoms. The Hall–Kier alpha value is -1.06. The number of aromatic hydroxyl groups is 1. The van der Waals surface area contributed by atoms with E-state index in [1.54, 1.807) is 12.1 Å². The first-order valence-electron chi connectivity index (χ1n) is 6.43. The molecule has 1 aliphatic heterocycles. The third-order valence-corrected chi connectivity index (χ3v) is 3.59. The van der Waals surface area contributed by atoms with Crippen molar-refractivity contribution in [3.63, 3.8) is 0 Å². The van der Waals surface area contributed by atoms with Gasteiger partial charge in [0.25, 0.3) is 0 Å². The number of phenolic OH excluding ortho intramolecular Hbond substituents is 1. The highest BCUT2D eigenvalue weighted by Gasteiger charge is 2.21. The maximum absolute atomic E-state index is 10.2. The molecule has 3 nitrogen and oxygen atoms in total. The molecule has 1 saturated heterocycles. The molecule has 1 heterocycles. The molecule has 1 fully saturated rings. The van der Waals surface area contributed by atoms with E-state index in [1.807, 2.05) is 12.1 Å². The van der Waals surface area contributed by atoms with Crippen LogP contribution in [0.4, 0.5) is 0 Å². The number of nitrogens with one attached hydrogen (secondary N) is 1. The summed E-state index contributed by atoms with van der Waals surface area (Å²) in [5, 5.41) is 23.3. The van der Waals surface area contributed by atoms with Gasteiger partial charge in [0.05, 0.1) is 6.10 Å². The third-order valence-electron chi connectivity index (χ3n) is 3.59. The van der Waals surface area contributed by atoms with Gasteiger partial charge in [-0.2, -0.15) is 0 Å². The molecule has 0 amide bonds. The quantitative estimate of drug-likeness (QED) is 0.747. The predicted molar refractivity (Wildman–Crippen MR) is 68.0 cm³/mol. The van der Waals surface area contributed by atoms with Crippen LogP contribution in [0.5, 0.6) is 5.75 Å². The molecule has 0 bridgehead atoms. The van der Waals surface area contributed by atoms with E-state index in [-0.39, 0.29) is 6.10 Å². The molecule has 0 aliphatic carbocycles. The molecule has 0 saturated carbocycles. The van der Waals surface area contributed by atoms with Crippen molar-refractivity contribution < 1.29 is 10.2 Å². The highest BCUT2D eigenvalue weighted by Crippen LogP contribution is 2.24. The smallest absolute Gasteiger partial charge is 0.118 e. The van der Waals surface area contributed by atoms with Crippen molar-refractivity contribution in [1.29, 1.82) is 0 Å². The summed E-state index contributed by atoms with van der Waals surface area (Å²) in [6.45, 7) is 2.04. The Bertz CT molecular complexity index is 346. The molecular formula is C14H21NO2. The van der Waals surface area contributed by atoms with E-state index >= 15 is 0 Å². The number of para-hydroxylation sites is 1. The number of aliphatic hydroxyl groups is 1. The van der Waals surface area contributed by atoms with Crippen LogP contribution in [0.25, 0.3) is 0 Å². The second kappa shape index (κ2) is 6.03. The van der Waals surface area contributed by atoms with Gasteiger partial charge in [0.2, 0.25) is 0 Å². The second-order valence-corrected chi connectivity index (χ2v) is 4.84. The van der Waals surface area contributed by atoms with Crippen LogP contribution in [0, 0.1) is 5.92 Å². The van der Waals surface area contributed by atoms with Crippen LogP contribution in [0.2, 0.25) is 0 Å². The van der Waals surface area contributed by atoms with Crippen molar-refractivity contribution in [2.45, 2.75) is 31.8 Å². The summed E-state index contributed by atoms with van der Waals surface area (Å²) in [6, 6.07) is 7.27. The van der Waals surface area contributed by atoms with Gasteiger partial charge in [-0.05, 0) is 49.9 Å². The molecule has 1 aromatic rings. The lowest BCUT2D eigenvalue weighted by Crippen LogP contribution is -2.24. The number of hydrogen-bond donors (Lipinski definition) is 3. The van der Waals surface area contributed by atoms with Crippen LogP contribution < -0.4 is 5.32 Å². The topological polar surface area (TPSA) is 52.5 Å². The first kappa shape index (κ1) is 12.4. The van der Waals surface area contributed by atoms with Gasteiger partial charge in [-0.25, -0.2) is 0 Å². The van der Waals surface area contributed by atoms with Crippen LogP contribution >= 0.6 is 0 Å². The fraction of sp³-hybridized carbons (Fsp3) is 0.571. The maximum atomic E-state index is 10.2. The standard InChI is InChI=1S/C14H21NO2/c16-13-6-2-1-4-12(13)10-14(17)11-5-3-8-15-9-7-11/h1-2,4,6,11,14-17H,3,5,7-10H2. The van der Waals surface area contributed by atoms with E-state index in [1.165, 1.54) is 0 Å². The number of aliphatic hydroxyl groups excluding tert-OH is 1. The molecule has 3 N–H and O–H groups in total. The van der Waals surface area contributed by atoms with Gasteiger partial charge in [0.15, 0.2) is 0 Å². The van der Waals surface area contributed by atoms with Gasteiger partial charge >= 0.3 is 0 Å². The zero-order chi connectivity index (χ0) is 12.1. The van der Waals surface area contributed by atoms with Crippen molar-refractivity contribution >= 4 is 0 Å². The summed E-state index contributed by atoms with van der Waals surface area (Å²) in [5.41, 5.74) is 0.845. The molecular weight excluding hydrogens is 214 g/mol. The van der Waals surface area contributed by atoms with Gasteiger partial charge in [-0.15, -0.1) is 0 Å². The summed E-state index contributed by atoms with van der Waals surface area (Å²) < 4.78 is 0. The lowest BCUT2D eigenvalue weighted by atomic mass is 9.90. The predicted octanol–water partition coefficient (Wildman–Crippen LogP) is 1.69. The Kier molecular flexibility index (Phi) is 4.40. The molecule has 0 spiro atoms. The number of benzene rings is 1. The van der Waals surface area contributed by atoms with Crippen molar-refractivity contribution in [2.24, 2.45) is 5.92 Å². The molecule has 1 aliphatic rings. The highest BCUT2D eigenvalue weighted by molar-refractivity contribution is 5.32. The molecule has 1 aromatic carbocycles. The monoisotopic (exact) mass is 235 g/mol. The summed E-state index contributed by atoms with van der Waals surface area (Å²) in [4.78, 5) is 0. The number of phenols is 1. The largest absolute Gasteiger partial charge is 0.508 e. The average Bonchev–Trinajstić information content (AvgIpc) is 2.61. The zero-order valence-electron chi connectivity index (χ0n) is 10.1. The van der Waals surface area contributed by atoms with E-state index in [0.717, 1.165) is 37.9 Å². The molecule has 2 unspecified atom stereocenters. The highest BCUT2D eigenvalue weighted by atomic mass is 16.3. The van der Waals surface area contributed by atoms with Gasteiger partial charge < -0.3 is 15.5 Å². The molecule has 2 atom stereocenters. The zero-order valence-corrected chi connectivity index (χ0v) is 10.1. The Morgan fingerprint density at radius 1 is 1.24 bits per heavy atom. The Morgan fingerprint density at radius 3 is 2.88 bits per heavy atom. The van der Waals surface area contributed by atoms with Crippen LogP contribution in [0.15, 0.2) is 24.3 Å². The number of rotatable bonds is 3. The average molecular weight is 235 g/mol. The first-order valence-corrected chi connectivity index (χ1v) is 6.43. The third kappa shape index (κ3) is 3.45. The van der Waals surface area contributed by atoms with Crippen molar-refractivity contribution in [2.75, 3.05) is 13.1 Å². The summed E-state index contributed by atoms with van der Waals surface area (Å²) in [7, 11) is 0. The first-order chi connectivity index (χ1) is 8.27. The van der Waals surface area contributed by atoms with E-state index in [9.17, 15) is 10.2 Å². The summed E-state index contributed by atoms with van der Waals surface area (Å²) in [5.74, 6) is 0.642. The number of hydrogen-bond acceptors (Lipinski definition) is 3. The van der Waals surface area contributed by atoms with E-state index in [0.29, 0.717) is 18.1 Å². The normalized spacial score (nSPS) is 23.0. The second-order valence-electron chi connectivity index (χ2n) is 4.84. The Morgan fingerprint density at radius 2 is 2.06 bits per heavy atom. The lowest BCUT2D eigenvalue weighted by molar-refractivity contribution is 0.0998. The van der Waals surface area contributed by atoms with Crippen molar-refractivity contribution in [3.8, 4) is 5.75 Å². The Labute approximate surface area is 102 Å². The Balaban J connectivity index is 1.95. The van der Waals surface area contributed by atoms with Crippen LogP contribution in [0.1, 0.15) is 24.8 Å². The van der Waals surface area contributed by atoms with E-state index in [2.05, 4.69) is 5.32 Å². The molecule has 2 rings (SSSR count). The molecule has 17 heavy (non-hydrogen) atoms. The minimum Gasteiger partial charge on any atom is -0.508 e. The van der Waals surface area contributed by atoms with E-state index < -0.39 is 0 Å².